The lowest BCUT2D eigenvalue weighted by molar-refractivity contribution is -0.124. The van der Waals surface area contributed by atoms with Crippen LogP contribution in [0.2, 0.25) is 0 Å². The number of unbranched alkanes of at least 4 members (excludes halogenated alkanes) is 1. The highest BCUT2D eigenvalue weighted by Gasteiger charge is 2.20. The lowest BCUT2D eigenvalue weighted by atomic mass is 9.96. The highest BCUT2D eigenvalue weighted by Crippen LogP contribution is 2.08. The third kappa shape index (κ3) is 8.33. The van der Waals surface area contributed by atoms with Crippen molar-refractivity contribution in [2.24, 2.45) is 5.92 Å². The van der Waals surface area contributed by atoms with Crippen molar-refractivity contribution < 1.29 is 4.79 Å². The number of Topliss-reactive ketones (excluding diaryl/α,β-unsaturated/α-hetero) is 1. The Kier molecular flexibility index (Phi) is 9.37. The van der Waals surface area contributed by atoms with Gasteiger partial charge in [-0.15, -0.1) is 0 Å². The first kappa shape index (κ1) is 16.6. The van der Waals surface area contributed by atoms with Crippen LogP contribution in [-0.4, -0.2) is 31.0 Å². The van der Waals surface area contributed by atoms with E-state index < -0.39 is 0 Å². The molecule has 0 aromatic heterocycles. The Bertz CT molecular complexity index is 202. The SMILES string of the molecule is CCNCCCC[C@H](NC(C)C)C(=O)C(C)C. The van der Waals surface area contributed by atoms with Crippen LogP contribution in [0.4, 0.5) is 0 Å². The number of hydrogen-bond acceptors (Lipinski definition) is 3. The average Bonchev–Trinajstić information content (AvgIpc) is 2.25. The lowest BCUT2D eigenvalue weighted by Gasteiger charge is -2.22. The van der Waals surface area contributed by atoms with Gasteiger partial charge in [0.1, 0.15) is 0 Å². The molecule has 0 bridgehead atoms. The number of rotatable bonds is 10. The molecule has 0 saturated carbocycles. The third-order valence-electron chi connectivity index (χ3n) is 2.79. The second kappa shape index (κ2) is 9.60. The van der Waals surface area contributed by atoms with E-state index in [0.29, 0.717) is 11.8 Å². The number of nitrogens with one attached hydrogen (secondary N) is 2. The number of carbonyl (C=O) groups is 1. The van der Waals surface area contributed by atoms with Gasteiger partial charge in [0, 0.05) is 12.0 Å². The Balaban J connectivity index is 3.98. The summed E-state index contributed by atoms with van der Waals surface area (Å²) in [5.41, 5.74) is 0. The molecule has 0 heterocycles. The molecule has 0 aliphatic rings. The predicted molar refractivity (Wildman–Crippen MR) is 74.3 cm³/mol. The third-order valence-corrected chi connectivity index (χ3v) is 2.79. The van der Waals surface area contributed by atoms with Crippen LogP contribution in [0, 0.1) is 5.92 Å². The molecular weight excluding hydrogens is 212 g/mol. The van der Waals surface area contributed by atoms with Crippen LogP contribution in [0.5, 0.6) is 0 Å². The molecule has 0 amide bonds. The van der Waals surface area contributed by atoms with Gasteiger partial charge < -0.3 is 10.6 Å². The zero-order valence-electron chi connectivity index (χ0n) is 12.2. The topological polar surface area (TPSA) is 41.1 Å². The van der Waals surface area contributed by atoms with E-state index in [9.17, 15) is 4.79 Å². The van der Waals surface area contributed by atoms with E-state index in [4.69, 9.17) is 0 Å². The highest BCUT2D eigenvalue weighted by atomic mass is 16.1. The van der Waals surface area contributed by atoms with Crippen molar-refractivity contribution in [1.82, 2.24) is 10.6 Å². The smallest absolute Gasteiger partial charge is 0.152 e. The molecule has 102 valence electrons. The van der Waals surface area contributed by atoms with Crippen LogP contribution >= 0.6 is 0 Å². The van der Waals surface area contributed by atoms with Gasteiger partial charge in [0.05, 0.1) is 6.04 Å². The Labute approximate surface area is 107 Å². The molecule has 0 saturated heterocycles. The van der Waals surface area contributed by atoms with Gasteiger partial charge in [0.25, 0.3) is 0 Å². The summed E-state index contributed by atoms with van der Waals surface area (Å²) in [6.07, 6.45) is 3.21. The molecule has 2 N–H and O–H groups in total. The summed E-state index contributed by atoms with van der Waals surface area (Å²) in [6, 6.07) is 0.410. The first-order valence-corrected chi connectivity index (χ1v) is 6.99. The van der Waals surface area contributed by atoms with Crippen LogP contribution in [0.3, 0.4) is 0 Å². The van der Waals surface area contributed by atoms with Crippen LogP contribution in [0.1, 0.15) is 53.9 Å². The Hall–Kier alpha value is -0.410. The fourth-order valence-corrected chi connectivity index (χ4v) is 1.89. The molecule has 0 aliphatic carbocycles. The average molecular weight is 242 g/mol. The first-order chi connectivity index (χ1) is 7.99. The van der Waals surface area contributed by atoms with Crippen LogP contribution in [0.15, 0.2) is 0 Å². The number of ketones is 1. The van der Waals surface area contributed by atoms with E-state index >= 15 is 0 Å². The molecule has 0 unspecified atom stereocenters. The summed E-state index contributed by atoms with van der Waals surface area (Å²) in [7, 11) is 0. The van der Waals surface area contributed by atoms with E-state index in [1.54, 1.807) is 0 Å². The van der Waals surface area contributed by atoms with Crippen molar-refractivity contribution in [3.63, 3.8) is 0 Å². The fourth-order valence-electron chi connectivity index (χ4n) is 1.89. The maximum atomic E-state index is 12.0. The van der Waals surface area contributed by atoms with Crippen LogP contribution in [0.25, 0.3) is 0 Å². The van der Waals surface area contributed by atoms with Gasteiger partial charge >= 0.3 is 0 Å². The summed E-state index contributed by atoms with van der Waals surface area (Å²) in [6.45, 7) is 12.4. The van der Waals surface area contributed by atoms with Gasteiger partial charge in [-0.2, -0.15) is 0 Å². The minimum Gasteiger partial charge on any atom is -0.317 e. The molecule has 0 rings (SSSR count). The molecule has 0 fully saturated rings. The fraction of sp³-hybridized carbons (Fsp3) is 0.929. The van der Waals surface area contributed by atoms with Crippen LogP contribution in [-0.2, 0) is 4.79 Å². The zero-order chi connectivity index (χ0) is 13.3. The van der Waals surface area contributed by atoms with Crippen molar-refractivity contribution in [3.8, 4) is 0 Å². The molecule has 0 radical (unpaired) electrons. The predicted octanol–water partition coefficient (Wildman–Crippen LogP) is 2.36. The normalized spacial score (nSPS) is 13.4. The minimum absolute atomic E-state index is 0.0385. The maximum Gasteiger partial charge on any atom is 0.152 e. The van der Waals surface area contributed by atoms with E-state index in [1.807, 2.05) is 13.8 Å². The van der Waals surface area contributed by atoms with Gasteiger partial charge in [-0.25, -0.2) is 0 Å². The maximum absolute atomic E-state index is 12.0. The van der Waals surface area contributed by atoms with E-state index in [1.165, 1.54) is 0 Å². The number of hydrogen-bond donors (Lipinski definition) is 2. The molecule has 0 aliphatic heterocycles. The van der Waals surface area contributed by atoms with Crippen molar-refractivity contribution >= 4 is 5.78 Å². The summed E-state index contributed by atoms with van der Waals surface area (Å²) < 4.78 is 0. The highest BCUT2D eigenvalue weighted by molar-refractivity contribution is 5.85. The molecule has 0 spiro atoms. The standard InChI is InChI=1S/C14H30N2O/c1-6-15-10-8-7-9-13(16-12(4)5)14(17)11(2)3/h11-13,15-16H,6-10H2,1-5H3/t13-/m0/s1. The van der Waals surface area contributed by atoms with Crippen molar-refractivity contribution in [3.05, 3.63) is 0 Å². The molecule has 0 aromatic carbocycles. The summed E-state index contributed by atoms with van der Waals surface area (Å²) in [5.74, 6) is 0.474. The largest absolute Gasteiger partial charge is 0.317 e. The molecule has 0 aromatic rings. The molecule has 1 atom stereocenters. The Morgan fingerprint density at radius 1 is 1.12 bits per heavy atom. The van der Waals surface area contributed by atoms with Gasteiger partial charge in [-0.05, 0) is 25.9 Å². The van der Waals surface area contributed by atoms with Gasteiger partial charge in [-0.1, -0.05) is 41.0 Å². The molecule has 17 heavy (non-hydrogen) atoms. The zero-order valence-corrected chi connectivity index (χ0v) is 12.2. The van der Waals surface area contributed by atoms with E-state index in [2.05, 4.69) is 31.4 Å². The van der Waals surface area contributed by atoms with E-state index in [0.717, 1.165) is 32.4 Å². The van der Waals surface area contributed by atoms with Gasteiger partial charge in [0.2, 0.25) is 0 Å². The van der Waals surface area contributed by atoms with Crippen LogP contribution < -0.4 is 10.6 Å². The summed E-state index contributed by atoms with van der Waals surface area (Å²) in [5, 5.41) is 6.69. The summed E-state index contributed by atoms with van der Waals surface area (Å²) >= 11 is 0. The molecule has 3 heteroatoms. The minimum atomic E-state index is 0.0385. The second-order valence-electron chi connectivity index (χ2n) is 5.28. The monoisotopic (exact) mass is 242 g/mol. The van der Waals surface area contributed by atoms with Gasteiger partial charge in [-0.3, -0.25) is 4.79 Å². The van der Waals surface area contributed by atoms with Crippen molar-refractivity contribution in [1.29, 1.82) is 0 Å². The van der Waals surface area contributed by atoms with Crippen molar-refractivity contribution in [2.45, 2.75) is 66.0 Å². The Morgan fingerprint density at radius 3 is 2.24 bits per heavy atom. The van der Waals surface area contributed by atoms with E-state index in [-0.39, 0.29) is 12.0 Å². The molecular formula is C14H30N2O. The van der Waals surface area contributed by atoms with Gasteiger partial charge in [0.15, 0.2) is 5.78 Å². The second-order valence-corrected chi connectivity index (χ2v) is 5.28. The molecule has 3 nitrogen and oxygen atoms in total. The van der Waals surface area contributed by atoms with Crippen molar-refractivity contribution in [2.75, 3.05) is 13.1 Å². The Morgan fingerprint density at radius 2 is 1.76 bits per heavy atom. The summed E-state index contributed by atoms with van der Waals surface area (Å²) in [4.78, 5) is 12.0. The quantitative estimate of drug-likeness (QED) is 0.578. The lowest BCUT2D eigenvalue weighted by Crippen LogP contribution is -2.42. The number of carbonyl (C=O) groups excluding carboxylic acids is 1. The first-order valence-electron chi connectivity index (χ1n) is 6.99.